The molecule has 5 heteroatoms. The Kier molecular flexibility index (Phi) is 4.13. The van der Waals surface area contributed by atoms with E-state index in [0.29, 0.717) is 12.5 Å². The highest BCUT2D eigenvalue weighted by Crippen LogP contribution is 2.32. The topological polar surface area (TPSA) is 54.0 Å². The van der Waals surface area contributed by atoms with Gasteiger partial charge in [0.05, 0.1) is 12.2 Å². The van der Waals surface area contributed by atoms with Crippen LogP contribution in [-0.4, -0.2) is 17.1 Å². The minimum atomic E-state index is -0.0908. The van der Waals surface area contributed by atoms with Gasteiger partial charge >= 0.3 is 6.03 Å². The number of nitrogens with one attached hydrogen (secondary N) is 2. The van der Waals surface area contributed by atoms with Crippen molar-refractivity contribution >= 4 is 17.4 Å². The highest BCUT2D eigenvalue weighted by Gasteiger charge is 2.28. The standard InChI is InChI=1S/C14H23N3OS/c1-9(10-5-6-10)16-13(18)15-7-12-17-11(8-19-12)14(2,3)4/h8-10H,5-7H2,1-4H3,(H2,15,16,18)/t9-/m0/s1. The van der Waals surface area contributed by atoms with E-state index in [1.54, 1.807) is 11.3 Å². The number of hydrogen-bond acceptors (Lipinski definition) is 3. The predicted octanol–water partition coefficient (Wildman–Crippen LogP) is 3.04. The van der Waals surface area contributed by atoms with Crippen molar-refractivity contribution in [3.8, 4) is 0 Å². The minimum Gasteiger partial charge on any atom is -0.335 e. The second-order valence-corrected chi connectivity index (χ2v) is 7.27. The lowest BCUT2D eigenvalue weighted by molar-refractivity contribution is 0.236. The molecular formula is C14H23N3OS. The zero-order chi connectivity index (χ0) is 14.0. The summed E-state index contributed by atoms with van der Waals surface area (Å²) in [4.78, 5) is 16.3. The van der Waals surface area contributed by atoms with Crippen molar-refractivity contribution in [2.45, 2.75) is 58.5 Å². The highest BCUT2D eigenvalue weighted by molar-refractivity contribution is 7.09. The summed E-state index contributed by atoms with van der Waals surface area (Å²) in [5, 5.41) is 8.88. The molecular weight excluding hydrogens is 258 g/mol. The molecule has 1 aromatic rings. The molecule has 1 aromatic heterocycles. The normalized spacial score (nSPS) is 17.1. The lowest BCUT2D eigenvalue weighted by atomic mass is 9.93. The number of carbonyl (C=O) groups is 1. The van der Waals surface area contributed by atoms with Gasteiger partial charge in [0.2, 0.25) is 0 Å². The van der Waals surface area contributed by atoms with Gasteiger partial charge in [0.15, 0.2) is 0 Å². The molecule has 2 amide bonds. The maximum absolute atomic E-state index is 11.7. The number of hydrogen-bond donors (Lipinski definition) is 2. The van der Waals surface area contributed by atoms with Crippen molar-refractivity contribution in [3.05, 3.63) is 16.1 Å². The number of urea groups is 1. The molecule has 0 bridgehead atoms. The Balaban J connectivity index is 1.78. The first kappa shape index (κ1) is 14.3. The molecule has 106 valence electrons. The highest BCUT2D eigenvalue weighted by atomic mass is 32.1. The summed E-state index contributed by atoms with van der Waals surface area (Å²) in [6.45, 7) is 9.00. The van der Waals surface area contributed by atoms with Gasteiger partial charge in [-0.2, -0.15) is 0 Å². The fraction of sp³-hybridized carbons (Fsp3) is 0.714. The quantitative estimate of drug-likeness (QED) is 0.891. The van der Waals surface area contributed by atoms with Crippen LogP contribution >= 0.6 is 11.3 Å². The van der Waals surface area contributed by atoms with Gasteiger partial charge in [-0.25, -0.2) is 9.78 Å². The third-order valence-corrected chi connectivity index (χ3v) is 4.26. The van der Waals surface area contributed by atoms with Crippen LogP contribution in [0.1, 0.15) is 51.2 Å². The molecule has 0 spiro atoms. The molecule has 19 heavy (non-hydrogen) atoms. The number of thiazole rings is 1. The largest absolute Gasteiger partial charge is 0.335 e. The van der Waals surface area contributed by atoms with Crippen molar-refractivity contribution in [3.63, 3.8) is 0 Å². The molecule has 1 atom stereocenters. The Morgan fingerprint density at radius 1 is 1.53 bits per heavy atom. The van der Waals surface area contributed by atoms with Crippen molar-refractivity contribution in [2.24, 2.45) is 5.92 Å². The molecule has 2 rings (SSSR count). The Bertz CT molecular complexity index is 446. The van der Waals surface area contributed by atoms with Gasteiger partial charge in [0.1, 0.15) is 5.01 Å². The minimum absolute atomic E-state index is 0.0670. The summed E-state index contributed by atoms with van der Waals surface area (Å²) in [7, 11) is 0. The van der Waals surface area contributed by atoms with Crippen LogP contribution in [0.5, 0.6) is 0 Å². The SMILES string of the molecule is C[C@H](NC(=O)NCc1nc(C(C)(C)C)cs1)C1CC1. The van der Waals surface area contributed by atoms with Gasteiger partial charge in [-0.1, -0.05) is 20.8 Å². The van der Waals surface area contributed by atoms with E-state index in [-0.39, 0.29) is 17.5 Å². The van der Waals surface area contributed by atoms with E-state index in [2.05, 4.69) is 48.7 Å². The van der Waals surface area contributed by atoms with Crippen molar-refractivity contribution in [1.82, 2.24) is 15.6 Å². The maximum atomic E-state index is 11.7. The van der Waals surface area contributed by atoms with Crippen LogP contribution in [0.4, 0.5) is 4.79 Å². The van der Waals surface area contributed by atoms with Crippen molar-refractivity contribution < 1.29 is 4.79 Å². The average molecular weight is 281 g/mol. The van der Waals surface area contributed by atoms with E-state index < -0.39 is 0 Å². The summed E-state index contributed by atoms with van der Waals surface area (Å²) in [6.07, 6.45) is 2.48. The first-order valence-corrected chi connectivity index (χ1v) is 7.73. The van der Waals surface area contributed by atoms with Crippen LogP contribution in [0.3, 0.4) is 0 Å². The fourth-order valence-corrected chi connectivity index (χ4v) is 2.82. The third-order valence-electron chi connectivity index (χ3n) is 3.41. The van der Waals surface area contributed by atoms with E-state index in [1.807, 2.05) is 0 Å². The first-order valence-electron chi connectivity index (χ1n) is 6.85. The van der Waals surface area contributed by atoms with Crippen LogP contribution in [0.2, 0.25) is 0 Å². The number of nitrogens with zero attached hydrogens (tertiary/aromatic N) is 1. The zero-order valence-electron chi connectivity index (χ0n) is 12.1. The molecule has 0 aromatic carbocycles. The van der Waals surface area contributed by atoms with E-state index in [9.17, 15) is 4.79 Å². The lowest BCUT2D eigenvalue weighted by Gasteiger charge is -2.14. The molecule has 1 heterocycles. The van der Waals surface area contributed by atoms with Gasteiger partial charge in [-0.15, -0.1) is 11.3 Å². The van der Waals surface area contributed by atoms with Gasteiger partial charge < -0.3 is 10.6 Å². The molecule has 4 nitrogen and oxygen atoms in total. The zero-order valence-corrected chi connectivity index (χ0v) is 12.9. The molecule has 0 unspecified atom stereocenters. The van der Waals surface area contributed by atoms with Crippen LogP contribution in [-0.2, 0) is 12.0 Å². The molecule has 1 fully saturated rings. The van der Waals surface area contributed by atoms with Gasteiger partial charge in [0, 0.05) is 16.8 Å². The van der Waals surface area contributed by atoms with Crippen LogP contribution < -0.4 is 10.6 Å². The number of rotatable bonds is 4. The molecule has 1 aliphatic rings. The average Bonchev–Trinajstić information content (AvgIpc) is 3.04. The van der Waals surface area contributed by atoms with Gasteiger partial charge in [-0.05, 0) is 25.7 Å². The van der Waals surface area contributed by atoms with E-state index in [0.717, 1.165) is 10.7 Å². The summed E-state index contributed by atoms with van der Waals surface area (Å²) in [5.41, 5.74) is 1.15. The Morgan fingerprint density at radius 3 is 2.74 bits per heavy atom. The molecule has 1 saturated carbocycles. The van der Waals surface area contributed by atoms with Crippen molar-refractivity contribution in [1.29, 1.82) is 0 Å². The Labute approximate surface area is 119 Å². The predicted molar refractivity (Wildman–Crippen MR) is 78.4 cm³/mol. The number of carbonyl (C=O) groups excluding carboxylic acids is 1. The first-order chi connectivity index (χ1) is 8.86. The second kappa shape index (κ2) is 5.49. The summed E-state index contributed by atoms with van der Waals surface area (Å²) >= 11 is 1.60. The van der Waals surface area contributed by atoms with Crippen molar-refractivity contribution in [2.75, 3.05) is 0 Å². The van der Waals surface area contributed by atoms with Crippen LogP contribution in [0.15, 0.2) is 5.38 Å². The summed E-state index contributed by atoms with van der Waals surface area (Å²) < 4.78 is 0. The lowest BCUT2D eigenvalue weighted by Crippen LogP contribution is -2.41. The molecule has 1 aliphatic carbocycles. The van der Waals surface area contributed by atoms with Crippen LogP contribution in [0, 0.1) is 5.92 Å². The second-order valence-electron chi connectivity index (χ2n) is 6.33. The van der Waals surface area contributed by atoms with Gasteiger partial charge in [0.25, 0.3) is 0 Å². The van der Waals surface area contributed by atoms with Gasteiger partial charge in [-0.3, -0.25) is 0 Å². The molecule has 0 saturated heterocycles. The smallest absolute Gasteiger partial charge is 0.315 e. The molecule has 2 N–H and O–H groups in total. The monoisotopic (exact) mass is 281 g/mol. The molecule has 0 aliphatic heterocycles. The number of aromatic nitrogens is 1. The van der Waals surface area contributed by atoms with Crippen LogP contribution in [0.25, 0.3) is 0 Å². The number of amides is 2. The maximum Gasteiger partial charge on any atom is 0.315 e. The summed E-state index contributed by atoms with van der Waals surface area (Å²) in [5.74, 6) is 0.679. The Hall–Kier alpha value is -1.10. The summed E-state index contributed by atoms with van der Waals surface area (Å²) in [6, 6.07) is 0.188. The van der Waals surface area contributed by atoms with E-state index >= 15 is 0 Å². The fourth-order valence-electron chi connectivity index (χ4n) is 1.86. The van der Waals surface area contributed by atoms with E-state index in [1.165, 1.54) is 12.8 Å². The van der Waals surface area contributed by atoms with E-state index in [4.69, 9.17) is 0 Å². The third kappa shape index (κ3) is 4.20. The Morgan fingerprint density at radius 2 is 2.21 bits per heavy atom. The molecule has 0 radical (unpaired) electrons.